The van der Waals surface area contributed by atoms with E-state index in [0.717, 1.165) is 6.42 Å². The number of hydrogen-bond donors (Lipinski definition) is 3. The Morgan fingerprint density at radius 2 is 2.07 bits per heavy atom. The first-order valence-corrected chi connectivity index (χ1v) is 4.97. The maximum atomic E-state index is 11.6. The van der Waals surface area contributed by atoms with Gasteiger partial charge in [0.1, 0.15) is 5.75 Å². The molecule has 1 unspecified atom stereocenters. The van der Waals surface area contributed by atoms with Gasteiger partial charge in [-0.15, -0.1) is 0 Å². The first kappa shape index (κ1) is 11.5. The van der Waals surface area contributed by atoms with E-state index in [4.69, 9.17) is 10.8 Å². The molecule has 0 heterocycles. The van der Waals surface area contributed by atoms with Gasteiger partial charge in [-0.2, -0.15) is 0 Å². The summed E-state index contributed by atoms with van der Waals surface area (Å²) in [5.41, 5.74) is 6.01. The van der Waals surface area contributed by atoms with Gasteiger partial charge in [-0.05, 0) is 30.7 Å². The van der Waals surface area contributed by atoms with E-state index in [2.05, 4.69) is 5.32 Å². The molecular weight excluding hydrogens is 192 g/mol. The number of hydrogen-bond acceptors (Lipinski definition) is 3. The van der Waals surface area contributed by atoms with Crippen molar-refractivity contribution < 1.29 is 9.90 Å². The van der Waals surface area contributed by atoms with Gasteiger partial charge in [0.25, 0.3) is 5.91 Å². The van der Waals surface area contributed by atoms with Crippen molar-refractivity contribution in [3.63, 3.8) is 0 Å². The van der Waals surface area contributed by atoms with Crippen LogP contribution >= 0.6 is 0 Å². The highest BCUT2D eigenvalue weighted by Gasteiger charge is 2.10. The molecule has 4 heteroatoms. The third-order valence-electron chi connectivity index (χ3n) is 2.24. The van der Waals surface area contributed by atoms with Gasteiger partial charge in [0.05, 0.1) is 0 Å². The van der Waals surface area contributed by atoms with Crippen molar-refractivity contribution in [2.24, 2.45) is 5.73 Å². The number of benzene rings is 1. The Balaban J connectivity index is 2.64. The summed E-state index contributed by atoms with van der Waals surface area (Å²) >= 11 is 0. The average Bonchev–Trinajstić information content (AvgIpc) is 2.26. The molecule has 0 aliphatic rings. The lowest BCUT2D eigenvalue weighted by Gasteiger charge is -2.14. The zero-order chi connectivity index (χ0) is 11.3. The van der Waals surface area contributed by atoms with E-state index in [9.17, 15) is 4.79 Å². The smallest absolute Gasteiger partial charge is 0.251 e. The minimum absolute atomic E-state index is 0.00584. The number of nitrogens with one attached hydrogen (secondary N) is 1. The highest BCUT2D eigenvalue weighted by atomic mass is 16.3. The van der Waals surface area contributed by atoms with Crippen LogP contribution in [0.4, 0.5) is 0 Å². The van der Waals surface area contributed by atoms with Gasteiger partial charge in [0, 0.05) is 18.2 Å². The van der Waals surface area contributed by atoms with Crippen molar-refractivity contribution in [1.82, 2.24) is 5.32 Å². The molecule has 4 N–H and O–H groups in total. The Morgan fingerprint density at radius 3 is 2.53 bits per heavy atom. The molecule has 4 nitrogen and oxygen atoms in total. The van der Waals surface area contributed by atoms with E-state index in [1.807, 2.05) is 6.92 Å². The van der Waals surface area contributed by atoms with E-state index < -0.39 is 0 Å². The van der Waals surface area contributed by atoms with Crippen LogP contribution in [0.1, 0.15) is 23.7 Å². The molecule has 0 aliphatic carbocycles. The highest BCUT2D eigenvalue weighted by Crippen LogP contribution is 2.09. The molecule has 0 saturated heterocycles. The van der Waals surface area contributed by atoms with E-state index >= 15 is 0 Å². The van der Waals surface area contributed by atoms with Crippen LogP contribution in [0.5, 0.6) is 5.75 Å². The van der Waals surface area contributed by atoms with Crippen LogP contribution in [0.2, 0.25) is 0 Å². The summed E-state index contributed by atoms with van der Waals surface area (Å²) in [6, 6.07) is 6.13. The molecule has 0 aromatic heterocycles. The van der Waals surface area contributed by atoms with E-state index in [1.54, 1.807) is 12.1 Å². The van der Waals surface area contributed by atoms with Gasteiger partial charge < -0.3 is 16.2 Å². The van der Waals surface area contributed by atoms with Gasteiger partial charge >= 0.3 is 0 Å². The van der Waals surface area contributed by atoms with Crippen LogP contribution in [0.15, 0.2) is 24.3 Å². The number of carbonyl (C=O) groups is 1. The predicted octanol–water partition coefficient (Wildman–Crippen LogP) is 0.859. The second-order valence-electron chi connectivity index (χ2n) is 3.36. The van der Waals surface area contributed by atoms with Gasteiger partial charge in [-0.1, -0.05) is 6.92 Å². The third kappa shape index (κ3) is 3.25. The zero-order valence-electron chi connectivity index (χ0n) is 8.73. The molecule has 0 saturated carbocycles. The summed E-state index contributed by atoms with van der Waals surface area (Å²) in [5, 5.41) is 11.9. The van der Waals surface area contributed by atoms with Crippen LogP contribution in [0.25, 0.3) is 0 Å². The number of phenolic OH excluding ortho intramolecular Hbond substituents is 1. The maximum absolute atomic E-state index is 11.6. The van der Waals surface area contributed by atoms with E-state index in [1.165, 1.54) is 12.1 Å². The number of aromatic hydroxyl groups is 1. The third-order valence-corrected chi connectivity index (χ3v) is 2.24. The molecular formula is C11H16N2O2. The summed E-state index contributed by atoms with van der Waals surface area (Å²) < 4.78 is 0. The molecule has 82 valence electrons. The summed E-state index contributed by atoms with van der Waals surface area (Å²) in [4.78, 5) is 11.6. The Kier molecular flexibility index (Phi) is 4.12. The predicted molar refractivity (Wildman–Crippen MR) is 58.7 cm³/mol. The van der Waals surface area contributed by atoms with Crippen LogP contribution in [0, 0.1) is 0 Å². The fraction of sp³-hybridized carbons (Fsp3) is 0.364. The van der Waals surface area contributed by atoms with Crippen molar-refractivity contribution in [1.29, 1.82) is 0 Å². The van der Waals surface area contributed by atoms with Gasteiger partial charge in [-0.25, -0.2) is 0 Å². The SMILES string of the molecule is CCC(CN)NC(=O)c1ccc(O)cc1. The van der Waals surface area contributed by atoms with E-state index in [-0.39, 0.29) is 17.7 Å². The lowest BCUT2D eigenvalue weighted by atomic mass is 10.1. The molecule has 1 rings (SSSR count). The summed E-state index contributed by atoms with van der Waals surface area (Å²) in [7, 11) is 0. The summed E-state index contributed by atoms with van der Waals surface area (Å²) in [6.07, 6.45) is 0.806. The largest absolute Gasteiger partial charge is 0.508 e. The van der Waals surface area contributed by atoms with Crippen LogP contribution in [-0.2, 0) is 0 Å². The molecule has 0 spiro atoms. The topological polar surface area (TPSA) is 75.3 Å². The summed E-state index contributed by atoms with van der Waals surface area (Å²) in [5.74, 6) is -0.00952. The molecule has 0 bridgehead atoms. The molecule has 1 aromatic rings. The number of phenols is 1. The number of rotatable bonds is 4. The second kappa shape index (κ2) is 5.36. The molecule has 15 heavy (non-hydrogen) atoms. The molecule has 1 aromatic carbocycles. The minimum atomic E-state index is -0.160. The van der Waals surface area contributed by atoms with Gasteiger partial charge in [-0.3, -0.25) is 4.79 Å². The minimum Gasteiger partial charge on any atom is -0.508 e. The fourth-order valence-electron chi connectivity index (χ4n) is 1.21. The molecule has 1 atom stereocenters. The summed E-state index contributed by atoms with van der Waals surface area (Å²) in [6.45, 7) is 2.40. The Morgan fingerprint density at radius 1 is 1.47 bits per heavy atom. The average molecular weight is 208 g/mol. The Bertz CT molecular complexity index is 318. The highest BCUT2D eigenvalue weighted by molar-refractivity contribution is 5.94. The van der Waals surface area contributed by atoms with Crippen LogP contribution < -0.4 is 11.1 Å². The zero-order valence-corrected chi connectivity index (χ0v) is 8.73. The second-order valence-corrected chi connectivity index (χ2v) is 3.36. The van der Waals surface area contributed by atoms with Crippen molar-refractivity contribution >= 4 is 5.91 Å². The van der Waals surface area contributed by atoms with Gasteiger partial charge in [0.15, 0.2) is 0 Å². The lowest BCUT2D eigenvalue weighted by molar-refractivity contribution is 0.0937. The first-order valence-electron chi connectivity index (χ1n) is 4.97. The monoisotopic (exact) mass is 208 g/mol. The standard InChI is InChI=1S/C11H16N2O2/c1-2-9(7-12)13-11(15)8-3-5-10(14)6-4-8/h3-6,9,14H,2,7,12H2,1H3,(H,13,15). The fourth-order valence-corrected chi connectivity index (χ4v) is 1.21. The number of nitrogens with two attached hydrogens (primary N) is 1. The molecule has 0 radical (unpaired) electrons. The quantitative estimate of drug-likeness (QED) is 0.687. The van der Waals surface area contributed by atoms with Crippen molar-refractivity contribution in [3.8, 4) is 5.75 Å². The lowest BCUT2D eigenvalue weighted by Crippen LogP contribution is -2.39. The Hall–Kier alpha value is -1.55. The van der Waals surface area contributed by atoms with Crippen molar-refractivity contribution in [2.75, 3.05) is 6.54 Å². The van der Waals surface area contributed by atoms with E-state index in [0.29, 0.717) is 12.1 Å². The maximum Gasteiger partial charge on any atom is 0.251 e. The first-order chi connectivity index (χ1) is 7.17. The molecule has 1 amide bonds. The van der Waals surface area contributed by atoms with Crippen molar-refractivity contribution in [3.05, 3.63) is 29.8 Å². The Labute approximate surface area is 89.1 Å². The molecule has 0 aliphatic heterocycles. The molecule has 0 fully saturated rings. The van der Waals surface area contributed by atoms with Crippen molar-refractivity contribution in [2.45, 2.75) is 19.4 Å². The number of carbonyl (C=O) groups excluding carboxylic acids is 1. The van der Waals surface area contributed by atoms with Crippen LogP contribution in [-0.4, -0.2) is 23.6 Å². The van der Waals surface area contributed by atoms with Gasteiger partial charge in [0.2, 0.25) is 0 Å². The normalized spacial score (nSPS) is 12.1. The number of amides is 1. The van der Waals surface area contributed by atoms with Crippen LogP contribution in [0.3, 0.4) is 0 Å².